The van der Waals surface area contributed by atoms with E-state index in [1.807, 2.05) is 42.5 Å². The average Bonchev–Trinajstić information content (AvgIpc) is 3.02. The van der Waals surface area contributed by atoms with Crippen molar-refractivity contribution < 1.29 is 9.15 Å². The normalized spacial score (nSPS) is 10.9. The van der Waals surface area contributed by atoms with Gasteiger partial charge in [-0.3, -0.25) is 0 Å². The summed E-state index contributed by atoms with van der Waals surface area (Å²) in [5, 5.41) is 1.20. The topological polar surface area (TPSA) is 22.4 Å². The van der Waals surface area contributed by atoms with E-state index in [4.69, 9.17) is 9.15 Å². The monoisotopic (exact) mass is 380 g/mol. The number of ether oxygens (including phenoxy) is 1. The Balaban J connectivity index is 1.83. The molecular formula is C21H16O2Se. The van der Waals surface area contributed by atoms with E-state index in [-0.39, 0.29) is 15.0 Å². The van der Waals surface area contributed by atoms with Crippen LogP contribution in [0.3, 0.4) is 0 Å². The second-order valence-electron chi connectivity index (χ2n) is 5.40. The van der Waals surface area contributed by atoms with E-state index in [1.54, 1.807) is 7.11 Å². The third-order valence-electron chi connectivity index (χ3n) is 3.87. The maximum atomic E-state index is 6.19. The van der Waals surface area contributed by atoms with Gasteiger partial charge in [-0.2, -0.15) is 0 Å². The van der Waals surface area contributed by atoms with Gasteiger partial charge in [-0.05, 0) is 0 Å². The van der Waals surface area contributed by atoms with Crippen LogP contribution in [0.5, 0.6) is 5.75 Å². The molecule has 0 unspecified atom stereocenters. The first-order valence-corrected chi connectivity index (χ1v) is 9.45. The van der Waals surface area contributed by atoms with Crippen molar-refractivity contribution in [3.8, 4) is 17.1 Å². The second kappa shape index (κ2) is 6.56. The first-order valence-electron chi connectivity index (χ1n) is 7.74. The van der Waals surface area contributed by atoms with Crippen molar-refractivity contribution in [2.75, 3.05) is 7.11 Å². The number of para-hydroxylation sites is 1. The molecule has 0 bridgehead atoms. The second-order valence-corrected chi connectivity index (χ2v) is 7.67. The molecule has 0 radical (unpaired) electrons. The first kappa shape index (κ1) is 15.1. The Labute approximate surface area is 147 Å². The molecule has 0 aliphatic rings. The molecule has 0 saturated heterocycles. The van der Waals surface area contributed by atoms with Crippen LogP contribution in [0.1, 0.15) is 0 Å². The molecule has 1 heterocycles. The van der Waals surface area contributed by atoms with Crippen LogP contribution in [0.25, 0.3) is 22.3 Å². The zero-order chi connectivity index (χ0) is 16.4. The van der Waals surface area contributed by atoms with Gasteiger partial charge < -0.3 is 0 Å². The Bertz CT molecular complexity index is 956. The molecule has 0 fully saturated rings. The summed E-state index contributed by atoms with van der Waals surface area (Å²) in [5.74, 6) is 1.86. The molecule has 4 aromatic rings. The molecule has 0 amide bonds. The van der Waals surface area contributed by atoms with Gasteiger partial charge in [-0.15, -0.1) is 0 Å². The van der Waals surface area contributed by atoms with Crippen LogP contribution >= 0.6 is 0 Å². The molecule has 0 aliphatic heterocycles. The number of hydrogen-bond acceptors (Lipinski definition) is 2. The van der Waals surface area contributed by atoms with Gasteiger partial charge in [0.25, 0.3) is 0 Å². The Kier molecular flexibility index (Phi) is 4.12. The van der Waals surface area contributed by atoms with Gasteiger partial charge in [0, 0.05) is 0 Å². The van der Waals surface area contributed by atoms with E-state index in [9.17, 15) is 0 Å². The van der Waals surface area contributed by atoms with Gasteiger partial charge in [-0.25, -0.2) is 0 Å². The molecule has 3 heteroatoms. The van der Waals surface area contributed by atoms with Crippen molar-refractivity contribution in [2.24, 2.45) is 0 Å². The third kappa shape index (κ3) is 2.84. The molecule has 0 spiro atoms. The minimum absolute atomic E-state index is 0.157. The van der Waals surface area contributed by atoms with E-state index in [0.717, 1.165) is 22.7 Å². The molecule has 3 aromatic carbocycles. The number of methoxy groups -OCH3 is 1. The maximum absolute atomic E-state index is 6.19. The summed E-state index contributed by atoms with van der Waals surface area (Å²) in [4.78, 5) is 0. The Morgan fingerprint density at radius 3 is 2.25 bits per heavy atom. The van der Waals surface area contributed by atoms with Crippen LogP contribution in [0, 0.1) is 0 Å². The Morgan fingerprint density at radius 1 is 0.792 bits per heavy atom. The van der Waals surface area contributed by atoms with Gasteiger partial charge >= 0.3 is 147 Å². The van der Waals surface area contributed by atoms with Crippen molar-refractivity contribution in [3.05, 3.63) is 78.9 Å². The van der Waals surface area contributed by atoms with E-state index in [2.05, 4.69) is 36.4 Å². The number of benzene rings is 3. The first-order chi connectivity index (χ1) is 11.8. The van der Waals surface area contributed by atoms with Crippen LogP contribution < -0.4 is 13.7 Å². The van der Waals surface area contributed by atoms with Crippen LogP contribution in [0.4, 0.5) is 0 Å². The summed E-state index contributed by atoms with van der Waals surface area (Å²) in [6.07, 6.45) is 0. The third-order valence-corrected chi connectivity index (χ3v) is 6.21. The van der Waals surface area contributed by atoms with Crippen molar-refractivity contribution in [2.45, 2.75) is 0 Å². The molecule has 118 valence electrons. The molecule has 0 atom stereocenters. The summed E-state index contributed by atoms with van der Waals surface area (Å²) >= 11 is 0.157. The molecule has 0 saturated carbocycles. The molecule has 0 aliphatic carbocycles. The van der Waals surface area contributed by atoms with Crippen molar-refractivity contribution in [1.82, 2.24) is 0 Å². The van der Waals surface area contributed by atoms with E-state index >= 15 is 0 Å². The Morgan fingerprint density at radius 2 is 1.50 bits per heavy atom. The van der Waals surface area contributed by atoms with Gasteiger partial charge in [0.05, 0.1) is 0 Å². The summed E-state index contributed by atoms with van der Waals surface area (Å²) in [7, 11) is 1.69. The van der Waals surface area contributed by atoms with Crippen LogP contribution in [-0.2, 0) is 0 Å². The number of hydrogen-bond donors (Lipinski definition) is 0. The molecule has 2 nitrogen and oxygen atoms in total. The summed E-state index contributed by atoms with van der Waals surface area (Å²) in [6.45, 7) is 0. The van der Waals surface area contributed by atoms with Gasteiger partial charge in [0.2, 0.25) is 0 Å². The van der Waals surface area contributed by atoms with Crippen molar-refractivity contribution >= 4 is 34.8 Å². The van der Waals surface area contributed by atoms with Crippen LogP contribution in [-0.4, -0.2) is 22.1 Å². The molecule has 0 N–H and O–H groups in total. The molecule has 24 heavy (non-hydrogen) atoms. The predicted octanol–water partition coefficient (Wildman–Crippen LogP) is 3.76. The van der Waals surface area contributed by atoms with Gasteiger partial charge in [0.15, 0.2) is 0 Å². The van der Waals surface area contributed by atoms with Crippen molar-refractivity contribution in [3.63, 3.8) is 0 Å². The minimum atomic E-state index is 0.157. The van der Waals surface area contributed by atoms with Gasteiger partial charge in [-0.1, -0.05) is 0 Å². The van der Waals surface area contributed by atoms with E-state index < -0.39 is 0 Å². The SMILES string of the molecule is COc1ccc([Se]c2c(-c3ccccc3)oc3ccccc23)cc1. The van der Waals surface area contributed by atoms with Crippen molar-refractivity contribution in [1.29, 1.82) is 0 Å². The zero-order valence-electron chi connectivity index (χ0n) is 13.2. The summed E-state index contributed by atoms with van der Waals surface area (Å²) in [5.41, 5.74) is 2.07. The zero-order valence-corrected chi connectivity index (χ0v) is 14.9. The molecular weight excluding hydrogens is 363 g/mol. The van der Waals surface area contributed by atoms with Gasteiger partial charge in [0.1, 0.15) is 0 Å². The molecule has 4 rings (SSSR count). The fourth-order valence-corrected chi connectivity index (χ4v) is 4.84. The molecule has 1 aromatic heterocycles. The quantitative estimate of drug-likeness (QED) is 0.504. The number of fused-ring (bicyclic) bond motifs is 1. The van der Waals surface area contributed by atoms with E-state index in [0.29, 0.717) is 0 Å². The standard InChI is InChI=1S/C21H16O2Se/c1-22-16-11-13-17(14-12-16)24-21-18-9-5-6-10-19(18)23-20(21)15-7-3-2-4-8-15/h2-14H,1H3. The fourth-order valence-electron chi connectivity index (χ4n) is 2.66. The number of furan rings is 1. The average molecular weight is 379 g/mol. The predicted molar refractivity (Wildman–Crippen MR) is 99.7 cm³/mol. The fraction of sp³-hybridized carbons (Fsp3) is 0.0476. The van der Waals surface area contributed by atoms with E-state index in [1.165, 1.54) is 14.3 Å². The van der Waals surface area contributed by atoms with Crippen LogP contribution in [0.15, 0.2) is 83.3 Å². The summed E-state index contributed by atoms with van der Waals surface area (Å²) < 4.78 is 14.0. The summed E-state index contributed by atoms with van der Waals surface area (Å²) in [6, 6.07) is 26.9. The van der Waals surface area contributed by atoms with Crippen LogP contribution in [0.2, 0.25) is 0 Å². The Hall–Kier alpha value is -2.48. The number of rotatable bonds is 4.